The Balaban J connectivity index is 1.39. The van der Waals surface area contributed by atoms with Gasteiger partial charge in [0.25, 0.3) is 0 Å². The van der Waals surface area contributed by atoms with E-state index >= 15 is 0 Å². The molecule has 0 saturated carbocycles. The molecule has 2 aromatic heterocycles. The largest absolute Gasteiger partial charge is 0.418 e. The smallest absolute Gasteiger partial charge is 0.325 e. The molecular formula is C29H18F6N4O4S2. The van der Waals surface area contributed by atoms with Gasteiger partial charge in [-0.1, -0.05) is 47.4 Å². The number of aromatic nitrogens is 2. The van der Waals surface area contributed by atoms with Crippen LogP contribution in [0.1, 0.15) is 27.5 Å². The van der Waals surface area contributed by atoms with Crippen LogP contribution in [-0.2, 0) is 33.3 Å². The van der Waals surface area contributed by atoms with Crippen LogP contribution in [0, 0.1) is 5.92 Å². The van der Waals surface area contributed by atoms with Gasteiger partial charge in [-0.15, -0.1) is 0 Å². The van der Waals surface area contributed by atoms with Crippen LogP contribution < -0.4 is 15.1 Å². The highest BCUT2D eigenvalue weighted by atomic mass is 32.2. The molecule has 0 bridgehead atoms. The van der Waals surface area contributed by atoms with Crippen molar-refractivity contribution >= 4 is 52.2 Å². The average molecular weight is 665 g/mol. The average Bonchev–Trinajstić information content (AvgIpc) is 3.42. The Morgan fingerprint density at radius 2 is 1.67 bits per heavy atom. The second-order valence-electron chi connectivity index (χ2n) is 10.1. The number of benzene rings is 2. The second-order valence-corrected chi connectivity index (χ2v) is 12.2. The standard InChI is InChI=1S/C29H18F6N4O4S2/c30-28(31,32)15-6-3-7-16(11-15)37-19(40)13-38-26-23(45-27(38)43)20(14-5-4-10-36-12-14)21-22(44-26)25(42)39(24(21)41)18-9-2-1-8-17(18)29(33,34)35/h1-12,20-22H,13H2,(H,37,40)/t20-,21-,22+/m0/s1. The summed E-state index contributed by atoms with van der Waals surface area (Å²) in [7, 11) is 0. The topological polar surface area (TPSA) is 101 Å². The van der Waals surface area contributed by atoms with Crippen LogP contribution >= 0.6 is 23.1 Å². The minimum Gasteiger partial charge on any atom is -0.325 e. The molecule has 1 saturated heterocycles. The zero-order valence-electron chi connectivity index (χ0n) is 22.4. The lowest BCUT2D eigenvalue weighted by Gasteiger charge is -2.30. The van der Waals surface area contributed by atoms with Crippen molar-refractivity contribution in [3.05, 3.63) is 104 Å². The van der Waals surface area contributed by atoms with Crippen molar-refractivity contribution in [1.29, 1.82) is 0 Å². The molecule has 2 aliphatic rings. The number of thioether (sulfide) groups is 1. The van der Waals surface area contributed by atoms with Gasteiger partial charge in [-0.2, -0.15) is 26.3 Å². The maximum absolute atomic E-state index is 13.9. The summed E-state index contributed by atoms with van der Waals surface area (Å²) in [6.07, 6.45) is -6.65. The number of hydrogen-bond donors (Lipinski definition) is 1. The first-order valence-corrected chi connectivity index (χ1v) is 14.8. The minimum absolute atomic E-state index is 0.145. The summed E-state index contributed by atoms with van der Waals surface area (Å²) in [5.74, 6) is -4.82. The molecule has 1 N–H and O–H groups in total. The minimum atomic E-state index is -4.87. The molecule has 0 unspecified atom stereocenters. The molecule has 0 spiro atoms. The molecule has 2 aromatic carbocycles. The molecular weight excluding hydrogens is 646 g/mol. The summed E-state index contributed by atoms with van der Waals surface area (Å²) in [5.41, 5.74) is -2.54. The number of amides is 3. The third-order valence-corrected chi connectivity index (χ3v) is 9.92. The fraction of sp³-hybridized carbons (Fsp3) is 0.207. The third kappa shape index (κ3) is 5.52. The summed E-state index contributed by atoms with van der Waals surface area (Å²) in [6, 6.07) is 11.3. The predicted octanol–water partition coefficient (Wildman–Crippen LogP) is 5.78. The van der Waals surface area contributed by atoms with Crippen LogP contribution in [0.25, 0.3) is 0 Å². The summed E-state index contributed by atoms with van der Waals surface area (Å²) in [4.78, 5) is 58.0. The fourth-order valence-electron chi connectivity index (χ4n) is 5.44. The molecule has 45 heavy (non-hydrogen) atoms. The van der Waals surface area contributed by atoms with Crippen LogP contribution in [0.2, 0.25) is 0 Å². The molecule has 4 heterocycles. The fourth-order valence-corrected chi connectivity index (χ4v) is 8.21. The van der Waals surface area contributed by atoms with Gasteiger partial charge in [0.15, 0.2) is 0 Å². The Morgan fingerprint density at radius 3 is 2.36 bits per heavy atom. The molecule has 16 heteroatoms. The number of fused-ring (bicyclic) bond motifs is 2. The van der Waals surface area contributed by atoms with Crippen molar-refractivity contribution in [3.8, 4) is 0 Å². The van der Waals surface area contributed by atoms with Crippen molar-refractivity contribution in [2.75, 3.05) is 10.2 Å². The van der Waals surface area contributed by atoms with E-state index in [0.29, 0.717) is 26.7 Å². The van der Waals surface area contributed by atoms with Crippen molar-refractivity contribution in [1.82, 2.24) is 9.55 Å². The van der Waals surface area contributed by atoms with Gasteiger partial charge in [0.1, 0.15) is 11.8 Å². The van der Waals surface area contributed by atoms with Gasteiger partial charge in [0.05, 0.1) is 27.8 Å². The van der Waals surface area contributed by atoms with Gasteiger partial charge in [-0.3, -0.25) is 28.7 Å². The number of nitrogens with zero attached hydrogens (tertiary/aromatic N) is 3. The molecule has 232 valence electrons. The predicted molar refractivity (Wildman–Crippen MR) is 152 cm³/mol. The van der Waals surface area contributed by atoms with Gasteiger partial charge in [0.2, 0.25) is 17.7 Å². The van der Waals surface area contributed by atoms with E-state index in [-0.39, 0.29) is 10.7 Å². The lowest BCUT2D eigenvalue weighted by molar-refractivity contribution is -0.138. The molecule has 3 atom stereocenters. The number of para-hydroxylation sites is 1. The van der Waals surface area contributed by atoms with Crippen molar-refractivity contribution in [2.24, 2.45) is 5.92 Å². The first-order chi connectivity index (χ1) is 21.3. The van der Waals surface area contributed by atoms with E-state index in [0.717, 1.165) is 52.7 Å². The van der Waals surface area contributed by atoms with Crippen LogP contribution in [0.3, 0.4) is 0 Å². The molecule has 3 amide bonds. The zero-order valence-corrected chi connectivity index (χ0v) is 24.1. The Morgan fingerprint density at radius 1 is 0.911 bits per heavy atom. The summed E-state index contributed by atoms with van der Waals surface area (Å²) < 4.78 is 82.1. The normalized spacial score (nSPS) is 19.8. The van der Waals surface area contributed by atoms with Gasteiger partial charge < -0.3 is 5.32 Å². The van der Waals surface area contributed by atoms with Crippen molar-refractivity contribution in [2.45, 2.75) is 35.1 Å². The lowest BCUT2D eigenvalue weighted by atomic mass is 9.84. The number of carbonyl (C=O) groups excluding carboxylic acids is 3. The maximum atomic E-state index is 13.9. The van der Waals surface area contributed by atoms with E-state index < -0.39 is 75.4 Å². The second kappa shape index (κ2) is 11.2. The van der Waals surface area contributed by atoms with E-state index in [1.807, 2.05) is 0 Å². The Hall–Kier alpha value is -4.44. The van der Waals surface area contributed by atoms with Crippen LogP contribution in [0.15, 0.2) is 82.9 Å². The quantitative estimate of drug-likeness (QED) is 0.215. The number of thiazole rings is 1. The summed E-state index contributed by atoms with van der Waals surface area (Å²) >= 11 is 1.48. The molecule has 2 aliphatic heterocycles. The highest BCUT2D eigenvalue weighted by Gasteiger charge is 2.57. The van der Waals surface area contributed by atoms with E-state index in [4.69, 9.17) is 0 Å². The lowest BCUT2D eigenvalue weighted by Crippen LogP contribution is -2.33. The molecule has 0 radical (unpaired) electrons. The highest BCUT2D eigenvalue weighted by Crippen LogP contribution is 2.54. The van der Waals surface area contributed by atoms with Gasteiger partial charge >= 0.3 is 17.2 Å². The molecule has 1 fully saturated rings. The first kappa shape index (κ1) is 30.6. The van der Waals surface area contributed by atoms with E-state index in [1.54, 1.807) is 12.1 Å². The van der Waals surface area contributed by atoms with Crippen LogP contribution in [-0.4, -0.2) is 32.5 Å². The van der Waals surface area contributed by atoms with E-state index in [9.17, 15) is 45.5 Å². The van der Waals surface area contributed by atoms with Crippen LogP contribution in [0.4, 0.5) is 37.7 Å². The van der Waals surface area contributed by atoms with Gasteiger partial charge in [0, 0.05) is 28.9 Å². The third-order valence-electron chi connectivity index (χ3n) is 7.32. The molecule has 4 aromatic rings. The molecule has 0 aliphatic carbocycles. The SMILES string of the molecule is O=C(Cn1c2c(sc1=O)[C@@H](c1cccnc1)[C@@H]1C(=O)N(c3ccccc3C(F)(F)F)C(=O)[C@@H]1S2)Nc1cccc(C(F)(F)F)c1. The van der Waals surface area contributed by atoms with E-state index in [2.05, 4.69) is 10.3 Å². The number of anilines is 2. The number of hydrogen-bond acceptors (Lipinski definition) is 7. The number of rotatable bonds is 5. The van der Waals surface area contributed by atoms with Gasteiger partial charge in [-0.05, 0) is 42.0 Å². The first-order valence-electron chi connectivity index (χ1n) is 13.1. The van der Waals surface area contributed by atoms with Crippen LogP contribution in [0.5, 0.6) is 0 Å². The number of alkyl halides is 6. The van der Waals surface area contributed by atoms with Crippen molar-refractivity contribution < 1.29 is 40.7 Å². The highest BCUT2D eigenvalue weighted by molar-refractivity contribution is 8.00. The Labute approximate surface area is 257 Å². The number of halogens is 6. The molecule has 6 rings (SSSR count). The number of nitrogens with one attached hydrogen (secondary N) is 1. The summed E-state index contributed by atoms with van der Waals surface area (Å²) in [5, 5.41) is 1.22. The monoisotopic (exact) mass is 664 g/mol. The number of pyridine rings is 1. The maximum Gasteiger partial charge on any atom is 0.418 e. The van der Waals surface area contributed by atoms with Crippen molar-refractivity contribution in [3.63, 3.8) is 0 Å². The zero-order chi connectivity index (χ0) is 32.3. The molecule has 8 nitrogen and oxygen atoms in total. The number of carbonyl (C=O) groups is 3. The van der Waals surface area contributed by atoms with E-state index in [1.165, 1.54) is 24.5 Å². The number of imide groups is 1. The Kier molecular flexibility index (Phi) is 7.59. The Bertz CT molecular complexity index is 1890. The van der Waals surface area contributed by atoms with Gasteiger partial charge in [-0.25, -0.2) is 4.90 Å². The summed E-state index contributed by atoms with van der Waals surface area (Å²) in [6.45, 7) is -0.645.